The van der Waals surface area contributed by atoms with E-state index in [1.807, 2.05) is 0 Å². The lowest BCUT2D eigenvalue weighted by Crippen LogP contribution is -2.26. The Morgan fingerprint density at radius 3 is 3.00 bits per heavy atom. The molecular formula is C11H16N4O2. The molecular weight excluding hydrogens is 220 g/mol. The van der Waals surface area contributed by atoms with E-state index in [9.17, 15) is 9.59 Å². The number of amides is 1. The molecule has 0 unspecified atom stereocenters. The molecule has 2 rings (SSSR count). The zero-order valence-electron chi connectivity index (χ0n) is 9.77. The fraction of sp³-hybridized carbons (Fsp3) is 0.545. The monoisotopic (exact) mass is 236 g/mol. The zero-order valence-corrected chi connectivity index (χ0v) is 9.77. The first-order valence-corrected chi connectivity index (χ1v) is 5.74. The topological polar surface area (TPSA) is 76.0 Å². The molecule has 0 spiro atoms. The molecule has 1 aliphatic carbocycles. The highest BCUT2D eigenvalue weighted by Crippen LogP contribution is 2.33. The number of carbonyl (C=O) groups excluding carboxylic acids is 1. The maximum atomic E-state index is 11.9. The van der Waals surface area contributed by atoms with Crippen molar-refractivity contribution in [1.29, 1.82) is 0 Å². The molecule has 0 bridgehead atoms. The third kappa shape index (κ3) is 2.83. The van der Waals surface area contributed by atoms with Crippen molar-refractivity contribution in [3.63, 3.8) is 0 Å². The molecule has 1 heterocycles. The molecule has 1 aromatic rings. The van der Waals surface area contributed by atoms with E-state index in [2.05, 4.69) is 15.6 Å². The molecule has 0 radical (unpaired) electrons. The Balaban J connectivity index is 1.98. The zero-order chi connectivity index (χ0) is 12.3. The van der Waals surface area contributed by atoms with E-state index in [-0.39, 0.29) is 11.5 Å². The minimum absolute atomic E-state index is 0.0593. The van der Waals surface area contributed by atoms with Crippen molar-refractivity contribution in [1.82, 2.24) is 14.9 Å². The van der Waals surface area contributed by atoms with Crippen LogP contribution >= 0.6 is 0 Å². The molecule has 1 aromatic heterocycles. The van der Waals surface area contributed by atoms with Gasteiger partial charge in [-0.3, -0.25) is 9.59 Å². The van der Waals surface area contributed by atoms with E-state index in [0.717, 1.165) is 12.8 Å². The van der Waals surface area contributed by atoms with Gasteiger partial charge in [-0.2, -0.15) is 0 Å². The highest BCUT2D eigenvalue weighted by atomic mass is 16.1. The molecule has 1 amide bonds. The highest BCUT2D eigenvalue weighted by molar-refractivity contribution is 5.75. The van der Waals surface area contributed by atoms with Gasteiger partial charge in [-0.1, -0.05) is 0 Å². The predicted octanol–water partition coefficient (Wildman–Crippen LogP) is 0.126. The molecule has 1 fully saturated rings. The van der Waals surface area contributed by atoms with Gasteiger partial charge >= 0.3 is 0 Å². The lowest BCUT2D eigenvalue weighted by molar-refractivity contribution is -0.120. The van der Waals surface area contributed by atoms with Crippen molar-refractivity contribution in [2.75, 3.05) is 18.9 Å². The average Bonchev–Trinajstić information content (AvgIpc) is 3.15. The molecule has 1 aliphatic rings. The number of hydrogen-bond acceptors (Lipinski definition) is 4. The Bertz CT molecular complexity index is 465. The van der Waals surface area contributed by atoms with Crippen LogP contribution in [0.2, 0.25) is 0 Å². The van der Waals surface area contributed by atoms with Gasteiger partial charge in [-0.05, 0) is 12.8 Å². The van der Waals surface area contributed by atoms with Crippen LogP contribution in [0.4, 0.5) is 5.82 Å². The number of aromatic nitrogens is 2. The minimum atomic E-state index is -0.105. The quantitative estimate of drug-likeness (QED) is 0.761. The molecule has 6 heteroatoms. The summed E-state index contributed by atoms with van der Waals surface area (Å²) in [5, 5.41) is 5.42. The van der Waals surface area contributed by atoms with Gasteiger partial charge in [-0.25, -0.2) is 4.98 Å². The van der Waals surface area contributed by atoms with Crippen molar-refractivity contribution < 1.29 is 4.79 Å². The van der Waals surface area contributed by atoms with E-state index in [1.165, 1.54) is 0 Å². The van der Waals surface area contributed by atoms with Gasteiger partial charge in [0.15, 0.2) is 5.82 Å². The predicted molar refractivity (Wildman–Crippen MR) is 63.9 cm³/mol. The van der Waals surface area contributed by atoms with Crippen LogP contribution in [0.25, 0.3) is 0 Å². The molecule has 6 nitrogen and oxygen atoms in total. The summed E-state index contributed by atoms with van der Waals surface area (Å²) < 4.78 is 1.70. The standard InChI is InChI=1S/C11H16N4O2/c1-12-9(16)4-5-13-10-11(17)15(7-6-14-10)8-2-3-8/h6-8H,2-5H2,1H3,(H,12,16)(H,13,14). The van der Waals surface area contributed by atoms with Crippen LogP contribution in [-0.2, 0) is 4.79 Å². The van der Waals surface area contributed by atoms with Gasteiger partial charge in [-0.15, -0.1) is 0 Å². The number of nitrogens with zero attached hydrogens (tertiary/aromatic N) is 2. The van der Waals surface area contributed by atoms with Crippen LogP contribution in [-0.4, -0.2) is 29.1 Å². The normalized spacial score (nSPS) is 14.4. The molecule has 0 aliphatic heterocycles. The summed E-state index contributed by atoms with van der Waals surface area (Å²) in [6.07, 6.45) is 5.77. The summed E-state index contributed by atoms with van der Waals surface area (Å²) >= 11 is 0. The van der Waals surface area contributed by atoms with Gasteiger partial charge in [0.1, 0.15) is 0 Å². The SMILES string of the molecule is CNC(=O)CCNc1nccn(C2CC2)c1=O. The minimum Gasteiger partial charge on any atom is -0.365 e. The van der Waals surface area contributed by atoms with Crippen LogP contribution in [0.1, 0.15) is 25.3 Å². The Morgan fingerprint density at radius 2 is 2.35 bits per heavy atom. The van der Waals surface area contributed by atoms with Crippen LogP contribution < -0.4 is 16.2 Å². The van der Waals surface area contributed by atoms with Crippen LogP contribution in [0.3, 0.4) is 0 Å². The summed E-state index contributed by atoms with van der Waals surface area (Å²) in [5.41, 5.74) is -0.105. The maximum Gasteiger partial charge on any atom is 0.293 e. The van der Waals surface area contributed by atoms with Crippen molar-refractivity contribution in [2.45, 2.75) is 25.3 Å². The van der Waals surface area contributed by atoms with Crippen LogP contribution in [0.15, 0.2) is 17.2 Å². The van der Waals surface area contributed by atoms with Gasteiger partial charge < -0.3 is 15.2 Å². The van der Waals surface area contributed by atoms with Gasteiger partial charge in [0.05, 0.1) is 0 Å². The number of hydrogen-bond donors (Lipinski definition) is 2. The van der Waals surface area contributed by atoms with Crippen LogP contribution in [0.5, 0.6) is 0 Å². The number of nitrogens with one attached hydrogen (secondary N) is 2. The maximum absolute atomic E-state index is 11.9. The van der Waals surface area contributed by atoms with Gasteiger partial charge in [0.2, 0.25) is 5.91 Å². The molecule has 2 N–H and O–H groups in total. The van der Waals surface area contributed by atoms with E-state index in [0.29, 0.717) is 24.8 Å². The molecule has 1 saturated carbocycles. The first kappa shape index (κ1) is 11.6. The summed E-state index contributed by atoms with van der Waals surface area (Å²) in [6, 6.07) is 0.338. The summed E-state index contributed by atoms with van der Waals surface area (Å²) in [7, 11) is 1.59. The van der Waals surface area contributed by atoms with Gasteiger partial charge in [0.25, 0.3) is 5.56 Å². The molecule has 0 aromatic carbocycles. The van der Waals surface area contributed by atoms with Crippen LogP contribution in [0, 0.1) is 0 Å². The van der Waals surface area contributed by atoms with E-state index in [4.69, 9.17) is 0 Å². The third-order valence-electron chi connectivity index (χ3n) is 2.73. The summed E-state index contributed by atoms with van der Waals surface area (Å²) in [5.74, 6) is 0.263. The Morgan fingerprint density at radius 1 is 1.59 bits per heavy atom. The first-order chi connectivity index (χ1) is 8.22. The lowest BCUT2D eigenvalue weighted by atomic mass is 10.4. The lowest BCUT2D eigenvalue weighted by Gasteiger charge is -2.07. The summed E-state index contributed by atoms with van der Waals surface area (Å²) in [6.45, 7) is 0.413. The second-order valence-electron chi connectivity index (χ2n) is 4.07. The van der Waals surface area contributed by atoms with Crippen molar-refractivity contribution in [3.05, 3.63) is 22.7 Å². The Hall–Kier alpha value is -1.85. The molecule has 0 saturated heterocycles. The van der Waals surface area contributed by atoms with E-state index < -0.39 is 0 Å². The molecule has 0 atom stereocenters. The number of anilines is 1. The van der Waals surface area contributed by atoms with Crippen molar-refractivity contribution in [3.8, 4) is 0 Å². The van der Waals surface area contributed by atoms with Crippen molar-refractivity contribution >= 4 is 11.7 Å². The van der Waals surface area contributed by atoms with Crippen molar-refractivity contribution in [2.24, 2.45) is 0 Å². The number of rotatable bonds is 5. The summed E-state index contributed by atoms with van der Waals surface area (Å²) in [4.78, 5) is 26.9. The fourth-order valence-corrected chi connectivity index (χ4v) is 1.61. The second-order valence-corrected chi connectivity index (χ2v) is 4.07. The van der Waals surface area contributed by atoms with E-state index >= 15 is 0 Å². The Labute approximate surface area is 99.1 Å². The number of carbonyl (C=O) groups is 1. The fourth-order valence-electron chi connectivity index (χ4n) is 1.61. The Kier molecular flexibility index (Phi) is 3.41. The average molecular weight is 236 g/mol. The second kappa shape index (κ2) is 4.99. The third-order valence-corrected chi connectivity index (χ3v) is 2.73. The first-order valence-electron chi connectivity index (χ1n) is 5.74. The van der Waals surface area contributed by atoms with Gasteiger partial charge in [0, 0.05) is 38.4 Å². The largest absolute Gasteiger partial charge is 0.365 e. The molecule has 92 valence electrons. The molecule has 17 heavy (non-hydrogen) atoms. The highest BCUT2D eigenvalue weighted by Gasteiger charge is 2.25. The van der Waals surface area contributed by atoms with E-state index in [1.54, 1.807) is 24.0 Å². The smallest absolute Gasteiger partial charge is 0.293 e.